The average molecular weight is 274 g/mol. The molecule has 2 rings (SSSR count). The lowest BCUT2D eigenvalue weighted by Gasteiger charge is -2.19. The van der Waals surface area contributed by atoms with E-state index in [0.717, 1.165) is 25.1 Å². The van der Waals surface area contributed by atoms with E-state index in [2.05, 4.69) is 60.7 Å². The van der Waals surface area contributed by atoms with Gasteiger partial charge in [0.25, 0.3) is 0 Å². The van der Waals surface area contributed by atoms with Crippen LogP contribution in [-0.4, -0.2) is 11.5 Å². The van der Waals surface area contributed by atoms with Gasteiger partial charge in [-0.1, -0.05) is 38.1 Å². The van der Waals surface area contributed by atoms with Gasteiger partial charge < -0.3 is 5.32 Å². The maximum absolute atomic E-state index is 4.67. The van der Waals surface area contributed by atoms with Gasteiger partial charge in [-0.25, -0.2) is 4.98 Å². The second-order valence-electron chi connectivity index (χ2n) is 4.77. The molecule has 0 aliphatic carbocycles. The first-order valence-corrected chi connectivity index (χ1v) is 7.87. The molecule has 1 heterocycles. The SMILES string of the molecule is CCCNC(c1nc(C)cs1)c1ccccc1CC. The molecule has 1 N–H and O–H groups in total. The highest BCUT2D eigenvalue weighted by Crippen LogP contribution is 2.27. The number of thiazole rings is 1. The second-order valence-corrected chi connectivity index (χ2v) is 5.66. The average Bonchev–Trinajstić information content (AvgIpc) is 2.86. The number of nitrogens with zero attached hydrogens (tertiary/aromatic N) is 1. The molecular weight excluding hydrogens is 252 g/mol. The smallest absolute Gasteiger partial charge is 0.114 e. The predicted molar refractivity (Wildman–Crippen MR) is 82.8 cm³/mol. The van der Waals surface area contributed by atoms with Crippen LogP contribution in [0.2, 0.25) is 0 Å². The Kier molecular flexibility index (Phi) is 5.11. The van der Waals surface area contributed by atoms with E-state index in [4.69, 9.17) is 0 Å². The summed E-state index contributed by atoms with van der Waals surface area (Å²) in [4.78, 5) is 4.67. The Labute approximate surface area is 119 Å². The van der Waals surface area contributed by atoms with Crippen LogP contribution in [0, 0.1) is 6.92 Å². The summed E-state index contributed by atoms with van der Waals surface area (Å²) in [7, 11) is 0. The molecule has 0 aliphatic heterocycles. The number of rotatable bonds is 6. The van der Waals surface area contributed by atoms with Gasteiger partial charge in [0.1, 0.15) is 5.01 Å². The van der Waals surface area contributed by atoms with Crippen molar-refractivity contribution in [2.24, 2.45) is 0 Å². The van der Waals surface area contributed by atoms with Gasteiger partial charge in [0.15, 0.2) is 0 Å². The van der Waals surface area contributed by atoms with Crippen LogP contribution in [-0.2, 0) is 6.42 Å². The van der Waals surface area contributed by atoms with Gasteiger partial charge in [-0.15, -0.1) is 11.3 Å². The maximum atomic E-state index is 4.67. The maximum Gasteiger partial charge on any atom is 0.114 e. The van der Waals surface area contributed by atoms with Crippen molar-refractivity contribution in [1.29, 1.82) is 0 Å². The lowest BCUT2D eigenvalue weighted by Crippen LogP contribution is -2.24. The molecule has 0 radical (unpaired) electrons. The molecule has 3 heteroatoms. The van der Waals surface area contributed by atoms with Crippen LogP contribution in [0.15, 0.2) is 29.6 Å². The number of aryl methyl sites for hydroxylation is 2. The molecule has 0 aliphatic rings. The van der Waals surface area contributed by atoms with Crippen LogP contribution in [0.1, 0.15) is 48.1 Å². The van der Waals surface area contributed by atoms with Crippen molar-refractivity contribution in [3.63, 3.8) is 0 Å². The molecule has 19 heavy (non-hydrogen) atoms. The van der Waals surface area contributed by atoms with E-state index < -0.39 is 0 Å². The third-order valence-electron chi connectivity index (χ3n) is 3.23. The van der Waals surface area contributed by atoms with Crippen molar-refractivity contribution in [2.45, 2.75) is 39.7 Å². The largest absolute Gasteiger partial charge is 0.304 e. The van der Waals surface area contributed by atoms with Crippen LogP contribution in [0.5, 0.6) is 0 Å². The molecule has 102 valence electrons. The van der Waals surface area contributed by atoms with Crippen molar-refractivity contribution in [1.82, 2.24) is 10.3 Å². The van der Waals surface area contributed by atoms with E-state index in [1.54, 1.807) is 11.3 Å². The molecule has 2 nitrogen and oxygen atoms in total. The van der Waals surface area contributed by atoms with E-state index >= 15 is 0 Å². The summed E-state index contributed by atoms with van der Waals surface area (Å²) < 4.78 is 0. The Bertz CT molecular complexity index is 519. The van der Waals surface area contributed by atoms with Crippen molar-refractivity contribution in [3.05, 3.63) is 51.5 Å². The van der Waals surface area contributed by atoms with Crippen LogP contribution in [0.4, 0.5) is 0 Å². The number of nitrogens with one attached hydrogen (secondary N) is 1. The van der Waals surface area contributed by atoms with Crippen molar-refractivity contribution >= 4 is 11.3 Å². The normalized spacial score (nSPS) is 12.6. The van der Waals surface area contributed by atoms with Gasteiger partial charge >= 0.3 is 0 Å². The molecule has 0 spiro atoms. The van der Waals surface area contributed by atoms with E-state index in [1.165, 1.54) is 16.1 Å². The Morgan fingerprint density at radius 2 is 2.05 bits per heavy atom. The summed E-state index contributed by atoms with van der Waals surface area (Å²) in [6.07, 6.45) is 2.19. The third-order valence-corrected chi connectivity index (χ3v) is 4.26. The lowest BCUT2D eigenvalue weighted by molar-refractivity contribution is 0.591. The van der Waals surface area contributed by atoms with E-state index in [0.29, 0.717) is 0 Å². The molecule has 1 unspecified atom stereocenters. The highest BCUT2D eigenvalue weighted by Gasteiger charge is 2.18. The monoisotopic (exact) mass is 274 g/mol. The minimum atomic E-state index is 0.231. The summed E-state index contributed by atoms with van der Waals surface area (Å²) >= 11 is 1.75. The molecule has 0 saturated heterocycles. The number of hydrogen-bond acceptors (Lipinski definition) is 3. The van der Waals surface area contributed by atoms with Gasteiger partial charge in [0.05, 0.1) is 6.04 Å². The number of hydrogen-bond donors (Lipinski definition) is 1. The van der Waals surface area contributed by atoms with E-state index in [9.17, 15) is 0 Å². The van der Waals surface area contributed by atoms with Gasteiger partial charge in [-0.2, -0.15) is 0 Å². The molecule has 0 saturated carbocycles. The van der Waals surface area contributed by atoms with Gasteiger partial charge in [-0.3, -0.25) is 0 Å². The van der Waals surface area contributed by atoms with Crippen molar-refractivity contribution in [2.75, 3.05) is 6.54 Å². The minimum absolute atomic E-state index is 0.231. The fourth-order valence-corrected chi connectivity index (χ4v) is 3.15. The number of aromatic nitrogens is 1. The predicted octanol–water partition coefficient (Wildman–Crippen LogP) is 4.10. The van der Waals surface area contributed by atoms with Crippen LogP contribution in [0.25, 0.3) is 0 Å². The molecule has 1 aromatic carbocycles. The molecule has 2 aromatic rings. The highest BCUT2D eigenvalue weighted by molar-refractivity contribution is 7.09. The Morgan fingerprint density at radius 1 is 1.26 bits per heavy atom. The van der Waals surface area contributed by atoms with Gasteiger partial charge in [-0.05, 0) is 37.4 Å². The molecule has 0 bridgehead atoms. The fourth-order valence-electron chi connectivity index (χ4n) is 2.26. The van der Waals surface area contributed by atoms with Crippen LogP contribution >= 0.6 is 11.3 Å². The summed E-state index contributed by atoms with van der Waals surface area (Å²) in [5.74, 6) is 0. The number of benzene rings is 1. The molecule has 0 fully saturated rings. The van der Waals surface area contributed by atoms with Crippen LogP contribution < -0.4 is 5.32 Å². The standard InChI is InChI=1S/C16H22N2S/c1-4-10-17-15(16-18-12(3)11-19-16)14-9-7-6-8-13(14)5-2/h6-9,11,15,17H,4-5,10H2,1-3H3. The van der Waals surface area contributed by atoms with Crippen LogP contribution in [0.3, 0.4) is 0 Å². The first kappa shape index (κ1) is 14.2. The molecule has 1 aromatic heterocycles. The van der Waals surface area contributed by atoms with E-state index in [1.807, 2.05) is 0 Å². The van der Waals surface area contributed by atoms with E-state index in [-0.39, 0.29) is 6.04 Å². The Morgan fingerprint density at radius 3 is 2.68 bits per heavy atom. The third kappa shape index (κ3) is 3.43. The lowest BCUT2D eigenvalue weighted by atomic mass is 9.99. The van der Waals surface area contributed by atoms with Crippen molar-refractivity contribution < 1.29 is 0 Å². The Balaban J connectivity index is 2.36. The summed E-state index contributed by atoms with van der Waals surface area (Å²) in [5, 5.41) is 6.94. The second kappa shape index (κ2) is 6.83. The fraction of sp³-hybridized carbons (Fsp3) is 0.438. The summed E-state index contributed by atoms with van der Waals surface area (Å²) in [5.41, 5.74) is 3.88. The van der Waals surface area contributed by atoms with Gasteiger partial charge in [0.2, 0.25) is 0 Å². The minimum Gasteiger partial charge on any atom is -0.304 e. The van der Waals surface area contributed by atoms with Gasteiger partial charge in [0, 0.05) is 11.1 Å². The summed E-state index contributed by atoms with van der Waals surface area (Å²) in [6.45, 7) is 7.48. The topological polar surface area (TPSA) is 24.9 Å². The summed E-state index contributed by atoms with van der Waals surface area (Å²) in [6, 6.07) is 8.91. The first-order chi connectivity index (χ1) is 9.26. The highest BCUT2D eigenvalue weighted by atomic mass is 32.1. The quantitative estimate of drug-likeness (QED) is 0.857. The zero-order valence-electron chi connectivity index (χ0n) is 11.9. The van der Waals surface area contributed by atoms with Crippen molar-refractivity contribution in [3.8, 4) is 0 Å². The zero-order chi connectivity index (χ0) is 13.7. The Hall–Kier alpha value is -1.19. The molecule has 1 atom stereocenters. The molecule has 0 amide bonds. The zero-order valence-corrected chi connectivity index (χ0v) is 12.8. The first-order valence-electron chi connectivity index (χ1n) is 6.99. The molecular formula is C16H22N2S.